The molecular formula is C21H17F2N3O3. The largest absolute Gasteiger partial charge is 0.451 e. The van der Waals surface area contributed by atoms with Crippen LogP contribution in [0.15, 0.2) is 54.6 Å². The van der Waals surface area contributed by atoms with Crippen LogP contribution >= 0.6 is 0 Å². The molecule has 2 aromatic carbocycles. The highest BCUT2D eigenvalue weighted by atomic mass is 19.2. The van der Waals surface area contributed by atoms with E-state index in [4.69, 9.17) is 4.74 Å². The van der Waals surface area contributed by atoms with Crippen LogP contribution in [0.4, 0.5) is 14.5 Å². The summed E-state index contributed by atoms with van der Waals surface area (Å²) in [6.45, 7) is -0.573. The third-order valence-corrected chi connectivity index (χ3v) is 4.47. The first-order chi connectivity index (χ1) is 14.0. The number of halogens is 2. The van der Waals surface area contributed by atoms with Gasteiger partial charge in [-0.3, -0.25) is 4.79 Å². The van der Waals surface area contributed by atoms with Crippen LogP contribution < -0.4 is 5.32 Å². The van der Waals surface area contributed by atoms with Gasteiger partial charge < -0.3 is 10.1 Å². The van der Waals surface area contributed by atoms with Crippen molar-refractivity contribution in [3.05, 3.63) is 77.6 Å². The zero-order chi connectivity index (χ0) is 20.4. The van der Waals surface area contributed by atoms with Gasteiger partial charge in [0.2, 0.25) is 0 Å². The Morgan fingerprint density at radius 2 is 1.83 bits per heavy atom. The van der Waals surface area contributed by atoms with Crippen molar-refractivity contribution in [2.75, 3.05) is 11.9 Å². The normalized spacial score (nSPS) is 13.2. The van der Waals surface area contributed by atoms with Crippen LogP contribution in [-0.2, 0) is 9.53 Å². The lowest BCUT2D eigenvalue weighted by molar-refractivity contribution is -0.119. The molecule has 1 aliphatic carbocycles. The van der Waals surface area contributed by atoms with Crippen LogP contribution in [-0.4, -0.2) is 28.3 Å². The van der Waals surface area contributed by atoms with Crippen molar-refractivity contribution in [3.63, 3.8) is 0 Å². The third-order valence-electron chi connectivity index (χ3n) is 4.47. The first kappa shape index (κ1) is 18.8. The molecule has 4 rings (SSSR count). The second-order valence-corrected chi connectivity index (χ2v) is 6.73. The molecule has 3 aromatic rings. The Kier molecular flexibility index (Phi) is 5.07. The molecule has 1 amide bonds. The summed E-state index contributed by atoms with van der Waals surface area (Å²) in [5, 5.41) is 6.87. The summed E-state index contributed by atoms with van der Waals surface area (Å²) >= 11 is 0. The van der Waals surface area contributed by atoms with Crippen LogP contribution in [0.2, 0.25) is 0 Å². The summed E-state index contributed by atoms with van der Waals surface area (Å²) in [7, 11) is 0. The molecule has 1 heterocycles. The number of benzene rings is 2. The van der Waals surface area contributed by atoms with Gasteiger partial charge in [-0.05, 0) is 43.2 Å². The summed E-state index contributed by atoms with van der Waals surface area (Å²) in [6.07, 6.45) is 2.05. The van der Waals surface area contributed by atoms with E-state index < -0.39 is 30.1 Å². The van der Waals surface area contributed by atoms with Crippen LogP contribution in [0, 0.1) is 11.6 Å². The first-order valence-corrected chi connectivity index (χ1v) is 9.08. The highest BCUT2D eigenvalue weighted by Crippen LogP contribution is 2.39. The third kappa shape index (κ3) is 4.31. The van der Waals surface area contributed by atoms with Gasteiger partial charge in [0, 0.05) is 17.7 Å². The Bertz CT molecular complexity index is 1060. The molecule has 0 radical (unpaired) electrons. The Balaban J connectivity index is 1.45. The molecule has 0 atom stereocenters. The van der Waals surface area contributed by atoms with Gasteiger partial charge in [-0.25, -0.2) is 18.3 Å². The minimum Gasteiger partial charge on any atom is -0.451 e. The van der Waals surface area contributed by atoms with Crippen LogP contribution in [0.25, 0.3) is 5.69 Å². The van der Waals surface area contributed by atoms with Crippen LogP contribution in [0.5, 0.6) is 0 Å². The molecule has 1 fully saturated rings. The van der Waals surface area contributed by atoms with E-state index in [-0.39, 0.29) is 11.4 Å². The molecule has 1 N–H and O–H groups in total. The Morgan fingerprint density at radius 1 is 1.07 bits per heavy atom. The predicted octanol–water partition coefficient (Wildman–Crippen LogP) is 3.82. The quantitative estimate of drug-likeness (QED) is 0.642. The van der Waals surface area contributed by atoms with Crippen molar-refractivity contribution in [2.45, 2.75) is 18.8 Å². The fourth-order valence-corrected chi connectivity index (χ4v) is 2.87. The van der Waals surface area contributed by atoms with E-state index in [1.165, 1.54) is 10.7 Å². The summed E-state index contributed by atoms with van der Waals surface area (Å²) in [5.74, 6) is -3.14. The topological polar surface area (TPSA) is 73.2 Å². The molecule has 0 bridgehead atoms. The number of carbonyl (C=O) groups excluding carboxylic acids is 2. The second-order valence-electron chi connectivity index (χ2n) is 6.73. The summed E-state index contributed by atoms with van der Waals surface area (Å²) < 4.78 is 32.8. The molecule has 1 aliphatic rings. The number of nitrogens with zero attached hydrogens (tertiary/aromatic N) is 2. The number of anilines is 1. The maximum absolute atomic E-state index is 13.2. The molecule has 0 saturated heterocycles. The first-order valence-electron chi connectivity index (χ1n) is 9.08. The zero-order valence-electron chi connectivity index (χ0n) is 15.3. The highest BCUT2D eigenvalue weighted by molar-refractivity contribution is 5.95. The number of aromatic nitrogens is 2. The van der Waals surface area contributed by atoms with Crippen molar-refractivity contribution in [3.8, 4) is 5.69 Å². The fourth-order valence-electron chi connectivity index (χ4n) is 2.87. The highest BCUT2D eigenvalue weighted by Gasteiger charge is 2.29. The van der Waals surface area contributed by atoms with Crippen molar-refractivity contribution in [2.24, 2.45) is 0 Å². The average molecular weight is 397 g/mol. The van der Waals surface area contributed by atoms with Crippen LogP contribution in [0.3, 0.4) is 0 Å². The predicted molar refractivity (Wildman–Crippen MR) is 101 cm³/mol. The number of para-hydroxylation sites is 1. The van der Waals surface area contributed by atoms with Crippen molar-refractivity contribution < 1.29 is 23.1 Å². The van der Waals surface area contributed by atoms with Gasteiger partial charge in [-0.2, -0.15) is 5.10 Å². The molecule has 29 heavy (non-hydrogen) atoms. The summed E-state index contributed by atoms with van der Waals surface area (Å²) in [6, 6.07) is 13.8. The van der Waals surface area contributed by atoms with Gasteiger partial charge in [0.05, 0.1) is 11.4 Å². The number of carbonyl (C=O) groups is 2. The van der Waals surface area contributed by atoms with Gasteiger partial charge in [0.15, 0.2) is 23.9 Å². The lowest BCUT2D eigenvalue weighted by atomic mass is 10.2. The number of hydrogen-bond donors (Lipinski definition) is 1. The molecule has 1 saturated carbocycles. The lowest BCUT2D eigenvalue weighted by Gasteiger charge is -2.08. The van der Waals surface area contributed by atoms with Gasteiger partial charge in [-0.15, -0.1) is 0 Å². The van der Waals surface area contributed by atoms with Gasteiger partial charge in [-0.1, -0.05) is 18.2 Å². The van der Waals surface area contributed by atoms with Crippen molar-refractivity contribution in [1.82, 2.24) is 9.78 Å². The van der Waals surface area contributed by atoms with E-state index in [0.29, 0.717) is 11.6 Å². The standard InChI is InChI=1S/C21H17F2N3O3/c22-16-9-8-14(10-17(16)23)24-20(27)12-29-21(28)19-11-18(13-6-7-13)25-26(19)15-4-2-1-3-5-15/h1-5,8-11,13H,6-7,12H2,(H,24,27). The minimum atomic E-state index is -1.08. The Hall–Kier alpha value is -3.55. The average Bonchev–Trinajstić information content (AvgIpc) is 3.48. The van der Waals surface area contributed by atoms with Crippen LogP contribution in [0.1, 0.15) is 34.9 Å². The van der Waals surface area contributed by atoms with E-state index in [2.05, 4.69) is 10.4 Å². The second kappa shape index (κ2) is 7.83. The number of amides is 1. The minimum absolute atomic E-state index is 0.0651. The number of esters is 1. The van der Waals surface area contributed by atoms with Crippen molar-refractivity contribution >= 4 is 17.6 Å². The van der Waals surface area contributed by atoms with E-state index in [9.17, 15) is 18.4 Å². The Morgan fingerprint density at radius 3 is 2.52 bits per heavy atom. The number of rotatable bonds is 6. The van der Waals surface area contributed by atoms with E-state index in [0.717, 1.165) is 30.7 Å². The summed E-state index contributed by atoms with van der Waals surface area (Å²) in [5.41, 5.74) is 1.80. The van der Waals surface area contributed by atoms with Gasteiger partial charge in [0.1, 0.15) is 0 Å². The SMILES string of the molecule is O=C(COC(=O)c1cc(C2CC2)nn1-c1ccccc1)Nc1ccc(F)c(F)c1. The van der Waals surface area contributed by atoms with E-state index in [1.54, 1.807) is 6.07 Å². The smallest absolute Gasteiger partial charge is 0.357 e. The van der Waals surface area contributed by atoms with Gasteiger partial charge in [0.25, 0.3) is 5.91 Å². The molecule has 148 valence electrons. The maximum Gasteiger partial charge on any atom is 0.357 e. The number of ether oxygens (including phenoxy) is 1. The van der Waals surface area contributed by atoms with Crippen molar-refractivity contribution in [1.29, 1.82) is 0 Å². The summed E-state index contributed by atoms with van der Waals surface area (Å²) in [4.78, 5) is 24.6. The Labute approximate surface area is 165 Å². The van der Waals surface area contributed by atoms with E-state index >= 15 is 0 Å². The molecule has 1 aromatic heterocycles. The number of nitrogens with one attached hydrogen (secondary N) is 1. The molecule has 0 aliphatic heterocycles. The molecule has 0 spiro atoms. The monoisotopic (exact) mass is 397 g/mol. The zero-order valence-corrected chi connectivity index (χ0v) is 15.3. The molecular weight excluding hydrogens is 380 g/mol. The lowest BCUT2D eigenvalue weighted by Crippen LogP contribution is -2.22. The fraction of sp³-hybridized carbons (Fsp3) is 0.190. The van der Waals surface area contributed by atoms with E-state index in [1.807, 2.05) is 30.3 Å². The molecule has 6 nitrogen and oxygen atoms in total. The maximum atomic E-state index is 13.2. The van der Waals surface area contributed by atoms with Gasteiger partial charge >= 0.3 is 5.97 Å². The molecule has 0 unspecified atom stereocenters. The molecule has 8 heteroatoms. The number of hydrogen-bond acceptors (Lipinski definition) is 4.